The molecule has 2 heterocycles. The monoisotopic (exact) mass is 439 g/mol. The Labute approximate surface area is 187 Å². The average molecular weight is 440 g/mol. The highest BCUT2D eigenvalue weighted by Gasteiger charge is 2.36. The fraction of sp³-hybridized carbons (Fsp3) is 0.458. The maximum atomic E-state index is 13.4. The van der Waals surface area contributed by atoms with Crippen molar-refractivity contribution in [1.82, 2.24) is 9.91 Å². The van der Waals surface area contributed by atoms with Crippen molar-refractivity contribution in [3.8, 4) is 0 Å². The first-order chi connectivity index (χ1) is 15.1. The highest BCUT2D eigenvalue weighted by Crippen LogP contribution is 2.34. The fourth-order valence-electron chi connectivity index (χ4n) is 4.00. The van der Waals surface area contributed by atoms with E-state index < -0.39 is 0 Å². The van der Waals surface area contributed by atoms with Gasteiger partial charge in [-0.25, -0.2) is 5.01 Å². The number of hydrogen-bond acceptors (Lipinski definition) is 5. The van der Waals surface area contributed by atoms with Crippen LogP contribution in [0.1, 0.15) is 47.7 Å². The van der Waals surface area contributed by atoms with Gasteiger partial charge in [0.2, 0.25) is 5.91 Å². The Kier molecular flexibility index (Phi) is 6.83. The molecule has 0 radical (unpaired) electrons. The highest BCUT2D eigenvalue weighted by atomic mass is 32.1. The third-order valence-electron chi connectivity index (χ3n) is 6.09. The first-order valence-corrected chi connectivity index (χ1v) is 11.7. The van der Waals surface area contributed by atoms with Crippen molar-refractivity contribution in [2.75, 3.05) is 26.8 Å². The van der Waals surface area contributed by atoms with Crippen molar-refractivity contribution >= 4 is 28.9 Å². The lowest BCUT2D eigenvalue weighted by Crippen LogP contribution is -2.46. The van der Waals surface area contributed by atoms with Crippen molar-refractivity contribution < 1.29 is 14.3 Å². The van der Waals surface area contributed by atoms with Gasteiger partial charge in [0.05, 0.1) is 23.2 Å². The molecule has 1 aromatic carbocycles. The van der Waals surface area contributed by atoms with Gasteiger partial charge < -0.3 is 9.64 Å². The van der Waals surface area contributed by atoms with Gasteiger partial charge in [-0.3, -0.25) is 9.59 Å². The van der Waals surface area contributed by atoms with Crippen LogP contribution >= 0.6 is 11.3 Å². The van der Waals surface area contributed by atoms with Crippen LogP contribution in [0.15, 0.2) is 46.9 Å². The number of hydrazone groups is 1. The van der Waals surface area contributed by atoms with E-state index in [4.69, 9.17) is 9.84 Å². The van der Waals surface area contributed by atoms with Gasteiger partial charge in [-0.05, 0) is 36.8 Å². The number of nitrogens with zero attached hydrogens (tertiary/aromatic N) is 3. The van der Waals surface area contributed by atoms with E-state index in [0.29, 0.717) is 19.6 Å². The van der Waals surface area contributed by atoms with Gasteiger partial charge in [0.25, 0.3) is 5.91 Å². The lowest BCUT2D eigenvalue weighted by Gasteiger charge is -2.32. The van der Waals surface area contributed by atoms with E-state index in [1.165, 1.54) is 5.56 Å². The first kappa shape index (κ1) is 21.7. The molecule has 2 aromatic rings. The summed E-state index contributed by atoms with van der Waals surface area (Å²) in [5.41, 5.74) is 3.15. The fourth-order valence-corrected chi connectivity index (χ4v) is 4.72. The SMILES string of the molecule is COCCN(CC(=O)N1N=C(c2cccs2)C[C@H]1c1ccc(C)cc1)C(=O)C1CCC1. The van der Waals surface area contributed by atoms with E-state index >= 15 is 0 Å². The normalized spacial score (nSPS) is 18.6. The molecule has 7 heteroatoms. The molecule has 0 bridgehead atoms. The number of amides is 2. The van der Waals surface area contributed by atoms with Gasteiger partial charge in [0.15, 0.2) is 0 Å². The minimum absolute atomic E-state index is 0.0300. The summed E-state index contributed by atoms with van der Waals surface area (Å²) >= 11 is 1.63. The van der Waals surface area contributed by atoms with Crippen molar-refractivity contribution in [3.05, 3.63) is 57.8 Å². The van der Waals surface area contributed by atoms with E-state index in [-0.39, 0.29) is 30.3 Å². The lowest BCUT2D eigenvalue weighted by atomic mass is 9.84. The van der Waals surface area contributed by atoms with E-state index in [1.807, 2.05) is 17.5 Å². The van der Waals surface area contributed by atoms with Crippen LogP contribution in [0.2, 0.25) is 0 Å². The number of carbonyl (C=O) groups excluding carboxylic acids is 2. The topological polar surface area (TPSA) is 62.2 Å². The molecule has 164 valence electrons. The second-order valence-electron chi connectivity index (χ2n) is 8.27. The van der Waals surface area contributed by atoms with Crippen LogP contribution in [-0.4, -0.2) is 54.2 Å². The second kappa shape index (κ2) is 9.75. The van der Waals surface area contributed by atoms with Crippen LogP contribution < -0.4 is 0 Å². The highest BCUT2D eigenvalue weighted by molar-refractivity contribution is 7.12. The van der Waals surface area contributed by atoms with Gasteiger partial charge in [-0.15, -0.1) is 11.3 Å². The molecule has 0 N–H and O–H groups in total. The van der Waals surface area contributed by atoms with Crippen LogP contribution in [0.25, 0.3) is 0 Å². The Balaban J connectivity index is 1.56. The maximum absolute atomic E-state index is 13.4. The predicted molar refractivity (Wildman–Crippen MR) is 122 cm³/mol. The number of methoxy groups -OCH3 is 1. The van der Waals surface area contributed by atoms with Crippen LogP contribution in [0.4, 0.5) is 0 Å². The van der Waals surface area contributed by atoms with E-state index in [2.05, 4.69) is 31.2 Å². The molecule has 0 spiro atoms. The molecule has 1 atom stereocenters. The van der Waals surface area contributed by atoms with E-state index in [1.54, 1.807) is 28.4 Å². The summed E-state index contributed by atoms with van der Waals surface area (Å²) in [7, 11) is 1.61. The smallest absolute Gasteiger partial charge is 0.262 e. The van der Waals surface area contributed by atoms with Crippen molar-refractivity contribution in [3.63, 3.8) is 0 Å². The maximum Gasteiger partial charge on any atom is 0.262 e. The molecule has 2 aliphatic rings. The number of rotatable bonds is 8. The van der Waals surface area contributed by atoms with Gasteiger partial charge in [-0.2, -0.15) is 5.10 Å². The summed E-state index contributed by atoms with van der Waals surface area (Å²) in [6.45, 7) is 2.91. The van der Waals surface area contributed by atoms with Gasteiger partial charge in [-0.1, -0.05) is 42.3 Å². The predicted octanol–water partition coefficient (Wildman–Crippen LogP) is 4.01. The van der Waals surface area contributed by atoms with Crippen LogP contribution in [-0.2, 0) is 14.3 Å². The molecule has 1 aromatic heterocycles. The molecular weight excluding hydrogens is 410 g/mol. The summed E-state index contributed by atoms with van der Waals surface area (Å²) in [4.78, 5) is 29.0. The molecule has 0 unspecified atom stereocenters. The number of aryl methyl sites for hydroxylation is 1. The molecule has 4 rings (SSSR count). The zero-order valence-corrected chi connectivity index (χ0v) is 18.9. The molecule has 2 amide bonds. The summed E-state index contributed by atoms with van der Waals surface area (Å²) < 4.78 is 5.18. The van der Waals surface area contributed by atoms with E-state index in [9.17, 15) is 9.59 Å². The summed E-state index contributed by atoms with van der Waals surface area (Å²) in [6.07, 6.45) is 3.57. The standard InChI is InChI=1S/C24H29N3O3S/c1-17-8-10-18(11-9-17)21-15-20(22-7-4-14-31-22)25-27(21)23(28)16-26(12-13-30-2)24(29)19-5-3-6-19/h4,7-11,14,19,21H,3,5-6,12-13,15-16H2,1-2H3/t21-/m0/s1. The summed E-state index contributed by atoms with van der Waals surface area (Å²) in [5, 5.41) is 8.34. The third kappa shape index (κ3) is 4.88. The molecule has 31 heavy (non-hydrogen) atoms. The molecule has 1 saturated carbocycles. The molecule has 1 aliphatic heterocycles. The summed E-state index contributed by atoms with van der Waals surface area (Å²) in [6, 6.07) is 12.1. The van der Waals surface area contributed by atoms with Gasteiger partial charge >= 0.3 is 0 Å². The molecule has 6 nitrogen and oxygen atoms in total. The lowest BCUT2D eigenvalue weighted by molar-refractivity contribution is -0.146. The molecule has 1 fully saturated rings. The van der Waals surface area contributed by atoms with Crippen molar-refractivity contribution in [1.29, 1.82) is 0 Å². The number of benzene rings is 1. The number of ether oxygens (including phenoxy) is 1. The quantitative estimate of drug-likeness (QED) is 0.624. The van der Waals surface area contributed by atoms with Crippen molar-refractivity contribution in [2.45, 2.75) is 38.6 Å². The Hall–Kier alpha value is -2.51. The summed E-state index contributed by atoms with van der Waals surface area (Å²) in [5.74, 6) is -0.0487. The van der Waals surface area contributed by atoms with Gasteiger partial charge in [0, 0.05) is 26.0 Å². The average Bonchev–Trinajstić information content (AvgIpc) is 3.40. The minimum atomic E-state index is -0.159. The Morgan fingerprint density at radius 3 is 2.61 bits per heavy atom. The zero-order valence-electron chi connectivity index (χ0n) is 18.1. The Morgan fingerprint density at radius 2 is 2.00 bits per heavy atom. The van der Waals surface area contributed by atoms with E-state index in [0.717, 1.165) is 35.4 Å². The zero-order chi connectivity index (χ0) is 21.8. The number of carbonyl (C=O) groups is 2. The third-order valence-corrected chi connectivity index (χ3v) is 7.01. The Bertz CT molecular complexity index is 935. The Morgan fingerprint density at radius 1 is 1.23 bits per heavy atom. The second-order valence-corrected chi connectivity index (χ2v) is 9.22. The minimum Gasteiger partial charge on any atom is -0.383 e. The van der Waals surface area contributed by atoms with Crippen LogP contribution in [0.3, 0.4) is 0 Å². The van der Waals surface area contributed by atoms with Crippen LogP contribution in [0.5, 0.6) is 0 Å². The molecule has 1 aliphatic carbocycles. The van der Waals surface area contributed by atoms with Gasteiger partial charge in [0.1, 0.15) is 6.54 Å². The number of thiophene rings is 1. The van der Waals surface area contributed by atoms with Crippen molar-refractivity contribution in [2.24, 2.45) is 11.0 Å². The molecular formula is C24H29N3O3S. The van der Waals surface area contributed by atoms with Crippen LogP contribution in [0, 0.1) is 12.8 Å². The molecule has 0 saturated heterocycles. The number of hydrogen-bond donors (Lipinski definition) is 0. The largest absolute Gasteiger partial charge is 0.383 e. The first-order valence-electron chi connectivity index (χ1n) is 10.8.